The molecule has 1 fully saturated rings. The van der Waals surface area contributed by atoms with Crippen LogP contribution in [0, 0.1) is 5.82 Å². The van der Waals surface area contributed by atoms with E-state index in [4.69, 9.17) is 22.1 Å². The van der Waals surface area contributed by atoms with Crippen molar-refractivity contribution in [2.24, 2.45) is 0 Å². The lowest BCUT2D eigenvalue weighted by atomic mass is 10.1. The first-order chi connectivity index (χ1) is 10.1. The molecule has 0 bridgehead atoms. The maximum atomic E-state index is 13.9. The second-order valence-corrected chi connectivity index (χ2v) is 5.24. The number of rotatable bonds is 3. The average molecular weight is 309 g/mol. The van der Waals surface area contributed by atoms with E-state index in [1.807, 2.05) is 0 Å². The summed E-state index contributed by atoms with van der Waals surface area (Å²) >= 11 is 5.90. The van der Waals surface area contributed by atoms with E-state index in [-0.39, 0.29) is 17.6 Å². The van der Waals surface area contributed by atoms with E-state index in [1.165, 1.54) is 18.2 Å². The Morgan fingerprint density at radius 1 is 1.33 bits per heavy atom. The zero-order valence-corrected chi connectivity index (χ0v) is 11.9. The van der Waals surface area contributed by atoms with Crippen molar-refractivity contribution in [3.8, 4) is 17.1 Å². The lowest BCUT2D eigenvalue weighted by Gasteiger charge is -2.13. The molecule has 2 heterocycles. The van der Waals surface area contributed by atoms with Crippen LogP contribution in [0.1, 0.15) is 6.42 Å². The molecule has 21 heavy (non-hydrogen) atoms. The van der Waals surface area contributed by atoms with Crippen LogP contribution in [0.15, 0.2) is 24.3 Å². The number of anilines is 1. The predicted octanol–water partition coefficient (Wildman–Crippen LogP) is 2.26. The molecular formula is C14H14ClFN4O. The van der Waals surface area contributed by atoms with E-state index in [0.29, 0.717) is 16.6 Å². The van der Waals surface area contributed by atoms with E-state index in [1.54, 1.807) is 6.07 Å². The van der Waals surface area contributed by atoms with Gasteiger partial charge in [-0.25, -0.2) is 9.37 Å². The van der Waals surface area contributed by atoms with Crippen LogP contribution in [0.5, 0.6) is 5.88 Å². The van der Waals surface area contributed by atoms with Gasteiger partial charge in [-0.15, -0.1) is 0 Å². The summed E-state index contributed by atoms with van der Waals surface area (Å²) in [4.78, 5) is 8.09. The maximum absolute atomic E-state index is 13.9. The zero-order valence-electron chi connectivity index (χ0n) is 11.1. The number of hydrogen-bond acceptors (Lipinski definition) is 5. The minimum absolute atomic E-state index is 0.0350. The molecule has 0 spiro atoms. The molecule has 3 rings (SSSR count). The fourth-order valence-electron chi connectivity index (χ4n) is 2.23. The molecule has 1 aliphatic rings. The van der Waals surface area contributed by atoms with Crippen LogP contribution in [-0.2, 0) is 0 Å². The number of nitrogens with one attached hydrogen (secondary N) is 1. The molecule has 3 N–H and O–H groups in total. The van der Waals surface area contributed by atoms with Gasteiger partial charge in [0.2, 0.25) is 11.8 Å². The molecule has 1 aliphatic heterocycles. The first-order valence-corrected chi connectivity index (χ1v) is 6.97. The predicted molar refractivity (Wildman–Crippen MR) is 78.8 cm³/mol. The average Bonchev–Trinajstić information content (AvgIpc) is 2.93. The van der Waals surface area contributed by atoms with Gasteiger partial charge in [0, 0.05) is 23.2 Å². The number of nitrogens with zero attached hydrogens (tertiary/aromatic N) is 2. The van der Waals surface area contributed by atoms with Gasteiger partial charge in [-0.3, -0.25) is 0 Å². The summed E-state index contributed by atoms with van der Waals surface area (Å²) in [5, 5.41) is 3.62. The fraction of sp³-hybridized carbons (Fsp3) is 0.286. The Labute approximate surface area is 126 Å². The summed E-state index contributed by atoms with van der Waals surface area (Å²) in [6, 6.07) is 5.84. The Morgan fingerprint density at radius 3 is 2.95 bits per heavy atom. The lowest BCUT2D eigenvalue weighted by molar-refractivity contribution is 0.214. The number of benzene rings is 1. The van der Waals surface area contributed by atoms with E-state index >= 15 is 0 Å². The van der Waals surface area contributed by atoms with Gasteiger partial charge in [0.25, 0.3) is 0 Å². The van der Waals surface area contributed by atoms with Crippen LogP contribution in [0.3, 0.4) is 0 Å². The standard InChI is InChI=1S/C14H14ClFN4O/c15-8-1-2-11(16)10(5-8)12-6-13(20-14(17)19-12)21-9-3-4-18-7-9/h1-2,5-6,9,18H,3-4,7H2,(H2,17,19,20). The summed E-state index contributed by atoms with van der Waals surface area (Å²) < 4.78 is 19.7. The Hall–Kier alpha value is -1.92. The van der Waals surface area contributed by atoms with Gasteiger partial charge >= 0.3 is 0 Å². The quantitative estimate of drug-likeness (QED) is 0.910. The normalized spacial score (nSPS) is 17.9. The van der Waals surface area contributed by atoms with Crippen molar-refractivity contribution in [2.75, 3.05) is 18.8 Å². The molecule has 1 atom stereocenters. The summed E-state index contributed by atoms with van der Waals surface area (Å²) in [6.07, 6.45) is 0.932. The minimum Gasteiger partial charge on any atom is -0.473 e. The number of nitrogens with two attached hydrogens (primary N) is 1. The number of aromatic nitrogens is 2. The molecule has 0 amide bonds. The Morgan fingerprint density at radius 2 is 2.19 bits per heavy atom. The van der Waals surface area contributed by atoms with Gasteiger partial charge in [0.05, 0.1) is 5.69 Å². The first-order valence-electron chi connectivity index (χ1n) is 6.59. The molecule has 0 aliphatic carbocycles. The summed E-state index contributed by atoms with van der Waals surface area (Å²) in [7, 11) is 0. The number of ether oxygens (including phenoxy) is 1. The fourth-order valence-corrected chi connectivity index (χ4v) is 2.41. The second-order valence-electron chi connectivity index (χ2n) is 4.81. The Kier molecular flexibility index (Phi) is 3.90. The van der Waals surface area contributed by atoms with Gasteiger partial charge in [-0.2, -0.15) is 4.98 Å². The third kappa shape index (κ3) is 3.22. The van der Waals surface area contributed by atoms with Gasteiger partial charge in [-0.1, -0.05) is 11.6 Å². The van der Waals surface area contributed by atoms with Crippen molar-refractivity contribution in [3.63, 3.8) is 0 Å². The topological polar surface area (TPSA) is 73.1 Å². The number of halogens is 2. The molecule has 1 unspecified atom stereocenters. The molecule has 7 heteroatoms. The van der Waals surface area contributed by atoms with Crippen molar-refractivity contribution in [2.45, 2.75) is 12.5 Å². The van der Waals surface area contributed by atoms with Crippen LogP contribution in [0.4, 0.5) is 10.3 Å². The largest absolute Gasteiger partial charge is 0.473 e. The molecule has 5 nitrogen and oxygen atoms in total. The summed E-state index contributed by atoms with van der Waals surface area (Å²) in [6.45, 7) is 1.66. The maximum Gasteiger partial charge on any atom is 0.223 e. The molecular weight excluding hydrogens is 295 g/mol. The lowest BCUT2D eigenvalue weighted by Crippen LogP contribution is -2.20. The van der Waals surface area contributed by atoms with Crippen molar-refractivity contribution < 1.29 is 9.13 Å². The molecule has 0 radical (unpaired) electrons. The van der Waals surface area contributed by atoms with Crippen LogP contribution in [0.2, 0.25) is 5.02 Å². The Balaban J connectivity index is 1.94. The van der Waals surface area contributed by atoms with Crippen molar-refractivity contribution >= 4 is 17.5 Å². The van der Waals surface area contributed by atoms with Crippen molar-refractivity contribution in [1.29, 1.82) is 0 Å². The summed E-state index contributed by atoms with van der Waals surface area (Å²) in [5.74, 6) is -0.0515. The molecule has 0 saturated carbocycles. The van der Waals surface area contributed by atoms with Gasteiger partial charge < -0.3 is 15.8 Å². The monoisotopic (exact) mass is 308 g/mol. The highest BCUT2D eigenvalue weighted by Crippen LogP contribution is 2.27. The smallest absolute Gasteiger partial charge is 0.223 e. The molecule has 1 aromatic carbocycles. The van der Waals surface area contributed by atoms with Crippen molar-refractivity contribution in [3.05, 3.63) is 35.1 Å². The van der Waals surface area contributed by atoms with Crippen LogP contribution >= 0.6 is 11.6 Å². The molecule has 110 valence electrons. The molecule has 1 saturated heterocycles. The zero-order chi connectivity index (χ0) is 14.8. The highest BCUT2D eigenvalue weighted by atomic mass is 35.5. The van der Waals surface area contributed by atoms with Crippen LogP contribution < -0.4 is 15.8 Å². The number of hydrogen-bond donors (Lipinski definition) is 2. The van der Waals surface area contributed by atoms with E-state index in [9.17, 15) is 4.39 Å². The Bertz CT molecular complexity index is 661. The van der Waals surface area contributed by atoms with Gasteiger partial charge in [0.1, 0.15) is 11.9 Å². The van der Waals surface area contributed by atoms with Crippen molar-refractivity contribution in [1.82, 2.24) is 15.3 Å². The SMILES string of the molecule is Nc1nc(OC2CCNC2)cc(-c2cc(Cl)ccc2F)n1. The minimum atomic E-state index is -0.425. The first kappa shape index (κ1) is 14.0. The van der Waals surface area contributed by atoms with Gasteiger partial charge in [0.15, 0.2) is 0 Å². The second kappa shape index (κ2) is 5.83. The van der Waals surface area contributed by atoms with E-state index in [0.717, 1.165) is 19.5 Å². The molecule has 1 aromatic heterocycles. The highest BCUT2D eigenvalue weighted by Gasteiger charge is 2.18. The van der Waals surface area contributed by atoms with E-state index in [2.05, 4.69) is 15.3 Å². The van der Waals surface area contributed by atoms with E-state index < -0.39 is 5.82 Å². The number of nitrogen functional groups attached to an aromatic ring is 1. The van der Waals surface area contributed by atoms with Crippen LogP contribution in [0.25, 0.3) is 11.3 Å². The van der Waals surface area contributed by atoms with Gasteiger partial charge in [-0.05, 0) is 31.2 Å². The van der Waals surface area contributed by atoms with Crippen LogP contribution in [-0.4, -0.2) is 29.2 Å². The third-order valence-corrected chi connectivity index (χ3v) is 3.46. The summed E-state index contributed by atoms with van der Waals surface area (Å²) in [5.41, 5.74) is 6.31. The molecule has 2 aromatic rings. The highest BCUT2D eigenvalue weighted by molar-refractivity contribution is 6.30. The third-order valence-electron chi connectivity index (χ3n) is 3.23.